The lowest BCUT2D eigenvalue weighted by molar-refractivity contribution is -0.146. The number of carbonyl (C=O) groups excluding carboxylic acids is 1. The van der Waals surface area contributed by atoms with Crippen molar-refractivity contribution >= 4 is 11.9 Å². The van der Waals surface area contributed by atoms with E-state index in [4.69, 9.17) is 10.4 Å². The molecular weight excluding hydrogens is 196 g/mol. The predicted octanol–water partition coefficient (Wildman–Crippen LogP) is 0.613. The zero-order chi connectivity index (χ0) is 11.5. The Balaban J connectivity index is 2.74. The summed E-state index contributed by atoms with van der Waals surface area (Å²) in [7, 11) is 1.42. The van der Waals surface area contributed by atoms with Gasteiger partial charge >= 0.3 is 5.97 Å². The summed E-state index contributed by atoms with van der Waals surface area (Å²) in [5, 5.41) is 17.6. The molecule has 1 saturated carbocycles. The number of carbonyl (C=O) groups is 2. The quantitative estimate of drug-likeness (QED) is 0.740. The molecule has 1 fully saturated rings. The highest BCUT2D eigenvalue weighted by Crippen LogP contribution is 2.38. The van der Waals surface area contributed by atoms with Crippen molar-refractivity contribution in [2.24, 2.45) is 5.41 Å². The molecule has 0 aromatic heterocycles. The number of carboxylic acids is 1. The van der Waals surface area contributed by atoms with Crippen molar-refractivity contribution in [3.8, 4) is 6.07 Å². The van der Waals surface area contributed by atoms with Gasteiger partial charge in [0.1, 0.15) is 12.0 Å². The topological polar surface area (TPSA) is 81.4 Å². The van der Waals surface area contributed by atoms with Crippen LogP contribution in [0.2, 0.25) is 0 Å². The number of likely N-dealkylation sites (N-methyl/N-ethyl adjacent to an activating group) is 1. The van der Waals surface area contributed by atoms with E-state index in [1.807, 2.05) is 6.07 Å². The zero-order valence-corrected chi connectivity index (χ0v) is 8.69. The third-order valence-electron chi connectivity index (χ3n) is 2.80. The summed E-state index contributed by atoms with van der Waals surface area (Å²) in [6, 6.07) is 2.05. The average Bonchev–Trinajstić information content (AvgIpc) is 2.65. The molecular formula is C10H14N2O3. The van der Waals surface area contributed by atoms with E-state index in [9.17, 15) is 9.59 Å². The maximum Gasteiger partial charge on any atom is 0.323 e. The van der Waals surface area contributed by atoms with Crippen molar-refractivity contribution in [2.75, 3.05) is 13.6 Å². The maximum absolute atomic E-state index is 11.9. The van der Waals surface area contributed by atoms with Crippen LogP contribution in [0.5, 0.6) is 0 Å². The number of hydrogen-bond acceptors (Lipinski definition) is 3. The molecule has 0 aromatic rings. The molecule has 0 aliphatic heterocycles. The Morgan fingerprint density at radius 2 is 2.00 bits per heavy atom. The average molecular weight is 210 g/mol. The highest BCUT2D eigenvalue weighted by Gasteiger charge is 2.43. The Hall–Kier alpha value is -1.57. The van der Waals surface area contributed by atoms with Gasteiger partial charge in [0.05, 0.1) is 6.07 Å². The molecule has 5 nitrogen and oxygen atoms in total. The molecule has 1 N–H and O–H groups in total. The van der Waals surface area contributed by atoms with Gasteiger partial charge in [0.2, 0.25) is 5.91 Å². The number of amides is 1. The number of nitrogens with zero attached hydrogens (tertiary/aromatic N) is 2. The molecule has 1 amide bonds. The SMILES string of the molecule is CN(CC(=O)O)C(=O)C1(C#N)CCCC1. The van der Waals surface area contributed by atoms with Crippen LogP contribution in [-0.4, -0.2) is 35.5 Å². The van der Waals surface area contributed by atoms with E-state index in [0.29, 0.717) is 12.8 Å². The lowest BCUT2D eigenvalue weighted by atomic mass is 9.86. The lowest BCUT2D eigenvalue weighted by Crippen LogP contribution is -2.42. The van der Waals surface area contributed by atoms with Crippen molar-refractivity contribution in [1.29, 1.82) is 5.26 Å². The van der Waals surface area contributed by atoms with E-state index in [2.05, 4.69) is 0 Å². The summed E-state index contributed by atoms with van der Waals surface area (Å²) in [4.78, 5) is 23.4. The molecule has 82 valence electrons. The first kappa shape index (κ1) is 11.5. The van der Waals surface area contributed by atoms with Gasteiger partial charge in [0.25, 0.3) is 0 Å². The van der Waals surface area contributed by atoms with Crippen LogP contribution in [0.1, 0.15) is 25.7 Å². The van der Waals surface area contributed by atoms with E-state index in [0.717, 1.165) is 17.7 Å². The number of hydrogen-bond donors (Lipinski definition) is 1. The molecule has 5 heteroatoms. The molecule has 0 atom stereocenters. The first-order valence-corrected chi connectivity index (χ1v) is 4.90. The third-order valence-corrected chi connectivity index (χ3v) is 2.80. The number of carboxylic acid groups (broad SMARTS) is 1. The minimum Gasteiger partial charge on any atom is -0.480 e. The van der Waals surface area contributed by atoms with Crippen LogP contribution in [0, 0.1) is 16.7 Å². The highest BCUT2D eigenvalue weighted by atomic mass is 16.4. The molecule has 15 heavy (non-hydrogen) atoms. The van der Waals surface area contributed by atoms with Gasteiger partial charge in [0.15, 0.2) is 0 Å². The summed E-state index contributed by atoms with van der Waals surface area (Å²) in [6.07, 6.45) is 2.82. The van der Waals surface area contributed by atoms with Crippen LogP contribution < -0.4 is 0 Å². The summed E-state index contributed by atoms with van der Waals surface area (Å²) < 4.78 is 0. The van der Waals surface area contributed by atoms with Gasteiger partial charge in [-0.15, -0.1) is 0 Å². The van der Waals surface area contributed by atoms with Gasteiger partial charge in [-0.25, -0.2) is 0 Å². The van der Waals surface area contributed by atoms with Crippen LogP contribution in [0.25, 0.3) is 0 Å². The number of nitriles is 1. The minimum absolute atomic E-state index is 0.345. The van der Waals surface area contributed by atoms with Gasteiger partial charge < -0.3 is 10.0 Å². The van der Waals surface area contributed by atoms with Gasteiger partial charge in [-0.3, -0.25) is 9.59 Å². The predicted molar refractivity (Wildman–Crippen MR) is 51.8 cm³/mol. The monoisotopic (exact) mass is 210 g/mol. The summed E-state index contributed by atoms with van der Waals surface area (Å²) >= 11 is 0. The van der Waals surface area contributed by atoms with Gasteiger partial charge in [-0.05, 0) is 12.8 Å². The maximum atomic E-state index is 11.9. The van der Waals surface area contributed by atoms with Gasteiger partial charge in [0, 0.05) is 7.05 Å². The summed E-state index contributed by atoms with van der Waals surface area (Å²) in [5.41, 5.74) is -0.968. The molecule has 0 heterocycles. The lowest BCUT2D eigenvalue weighted by Gasteiger charge is -2.25. The fraction of sp³-hybridized carbons (Fsp3) is 0.700. The van der Waals surface area contributed by atoms with Gasteiger partial charge in [-0.2, -0.15) is 5.26 Å². The van der Waals surface area contributed by atoms with Crippen LogP contribution in [0.3, 0.4) is 0 Å². The van der Waals surface area contributed by atoms with E-state index < -0.39 is 11.4 Å². The fourth-order valence-electron chi connectivity index (χ4n) is 1.99. The molecule has 1 rings (SSSR count). The van der Waals surface area contributed by atoms with E-state index in [1.165, 1.54) is 7.05 Å². The first-order valence-electron chi connectivity index (χ1n) is 4.90. The molecule has 0 bridgehead atoms. The molecule has 1 aliphatic rings. The fourth-order valence-corrected chi connectivity index (χ4v) is 1.99. The largest absolute Gasteiger partial charge is 0.480 e. The van der Waals surface area contributed by atoms with Crippen LogP contribution in [0.4, 0.5) is 0 Å². The first-order chi connectivity index (χ1) is 7.02. The van der Waals surface area contributed by atoms with Crippen LogP contribution in [-0.2, 0) is 9.59 Å². The molecule has 0 saturated heterocycles. The van der Waals surface area contributed by atoms with Crippen molar-refractivity contribution < 1.29 is 14.7 Å². The molecule has 1 aliphatic carbocycles. The smallest absolute Gasteiger partial charge is 0.323 e. The normalized spacial score (nSPS) is 18.1. The van der Waals surface area contributed by atoms with Crippen LogP contribution >= 0.6 is 0 Å². The Morgan fingerprint density at radius 1 is 1.47 bits per heavy atom. The Morgan fingerprint density at radius 3 is 2.40 bits per heavy atom. The van der Waals surface area contributed by atoms with E-state index in [-0.39, 0.29) is 12.5 Å². The number of rotatable bonds is 3. The van der Waals surface area contributed by atoms with E-state index in [1.54, 1.807) is 0 Å². The Bertz CT molecular complexity index is 313. The zero-order valence-electron chi connectivity index (χ0n) is 8.69. The second-order valence-electron chi connectivity index (χ2n) is 3.96. The third kappa shape index (κ3) is 2.27. The van der Waals surface area contributed by atoms with Crippen molar-refractivity contribution in [3.63, 3.8) is 0 Å². The van der Waals surface area contributed by atoms with Crippen molar-refractivity contribution in [3.05, 3.63) is 0 Å². The molecule has 0 unspecified atom stereocenters. The second-order valence-corrected chi connectivity index (χ2v) is 3.96. The Labute approximate surface area is 88.3 Å². The van der Waals surface area contributed by atoms with Crippen molar-refractivity contribution in [2.45, 2.75) is 25.7 Å². The van der Waals surface area contributed by atoms with Gasteiger partial charge in [-0.1, -0.05) is 12.8 Å². The van der Waals surface area contributed by atoms with E-state index >= 15 is 0 Å². The minimum atomic E-state index is -1.06. The number of aliphatic carboxylic acids is 1. The molecule has 0 aromatic carbocycles. The molecule has 0 spiro atoms. The highest BCUT2D eigenvalue weighted by molar-refractivity contribution is 5.88. The molecule has 0 radical (unpaired) electrons. The van der Waals surface area contributed by atoms with Crippen molar-refractivity contribution in [1.82, 2.24) is 4.90 Å². The standard InChI is InChI=1S/C10H14N2O3/c1-12(6-8(13)14)9(15)10(7-11)4-2-3-5-10/h2-6H2,1H3,(H,13,14). The summed E-state index contributed by atoms with van der Waals surface area (Å²) in [6.45, 7) is -0.345. The van der Waals surface area contributed by atoms with Crippen LogP contribution in [0.15, 0.2) is 0 Å². The summed E-state index contributed by atoms with van der Waals surface area (Å²) in [5.74, 6) is -1.41. The Kier molecular flexibility index (Phi) is 3.30. The second kappa shape index (κ2) is 4.30.